The van der Waals surface area contributed by atoms with Crippen molar-refractivity contribution >= 4 is 12.4 Å². The van der Waals surface area contributed by atoms with Crippen LogP contribution in [-0.2, 0) is 0 Å². The third-order valence-electron chi connectivity index (χ3n) is 2.47. The standard InChI is InChI=1S/C12H19NO.ClH/c1-9(2)10-3-5-11(6-4-10)12(13)7-8-14;/h3-6,9,12,14H,7-8,13H2,1-2H3;1H/t12-;/m0./s1. The summed E-state index contributed by atoms with van der Waals surface area (Å²) in [5.74, 6) is 0.554. The first-order chi connectivity index (χ1) is 6.65. The number of aliphatic hydroxyl groups is 1. The summed E-state index contributed by atoms with van der Waals surface area (Å²) in [5, 5.41) is 8.76. The van der Waals surface area contributed by atoms with Crippen LogP contribution >= 0.6 is 12.4 Å². The Labute approximate surface area is 97.9 Å². The van der Waals surface area contributed by atoms with Gasteiger partial charge in [0.25, 0.3) is 0 Å². The lowest BCUT2D eigenvalue weighted by Crippen LogP contribution is -2.11. The van der Waals surface area contributed by atoms with Gasteiger partial charge in [0, 0.05) is 12.6 Å². The summed E-state index contributed by atoms with van der Waals surface area (Å²) in [5.41, 5.74) is 8.30. The Kier molecular flexibility index (Phi) is 6.57. The second-order valence-corrected chi connectivity index (χ2v) is 3.94. The molecule has 0 spiro atoms. The van der Waals surface area contributed by atoms with Gasteiger partial charge >= 0.3 is 0 Å². The van der Waals surface area contributed by atoms with E-state index < -0.39 is 0 Å². The normalized spacial score (nSPS) is 12.3. The highest BCUT2D eigenvalue weighted by Gasteiger charge is 2.05. The van der Waals surface area contributed by atoms with Crippen molar-refractivity contribution in [2.45, 2.75) is 32.2 Å². The summed E-state index contributed by atoms with van der Waals surface area (Å²) in [6, 6.07) is 8.28. The predicted molar refractivity (Wildman–Crippen MR) is 66.4 cm³/mol. The highest BCUT2D eigenvalue weighted by Crippen LogP contribution is 2.18. The summed E-state index contributed by atoms with van der Waals surface area (Å²) in [7, 11) is 0. The quantitative estimate of drug-likeness (QED) is 0.834. The molecule has 0 saturated carbocycles. The summed E-state index contributed by atoms with van der Waals surface area (Å²) >= 11 is 0. The number of rotatable bonds is 4. The van der Waals surface area contributed by atoms with Crippen LogP contribution in [0.2, 0.25) is 0 Å². The van der Waals surface area contributed by atoms with Gasteiger partial charge in [-0.1, -0.05) is 38.1 Å². The van der Waals surface area contributed by atoms with Crippen LogP contribution < -0.4 is 5.73 Å². The van der Waals surface area contributed by atoms with Crippen molar-refractivity contribution < 1.29 is 5.11 Å². The first-order valence-electron chi connectivity index (χ1n) is 5.11. The van der Waals surface area contributed by atoms with Crippen molar-refractivity contribution in [2.75, 3.05) is 6.61 Å². The zero-order valence-electron chi connectivity index (χ0n) is 9.31. The van der Waals surface area contributed by atoms with Crippen molar-refractivity contribution in [3.8, 4) is 0 Å². The molecule has 3 heteroatoms. The first kappa shape index (κ1) is 14.4. The van der Waals surface area contributed by atoms with Gasteiger partial charge in [-0.3, -0.25) is 0 Å². The molecule has 1 atom stereocenters. The summed E-state index contributed by atoms with van der Waals surface area (Å²) < 4.78 is 0. The van der Waals surface area contributed by atoms with E-state index >= 15 is 0 Å². The Hall–Kier alpha value is -0.570. The molecule has 1 rings (SSSR count). The number of hydrogen-bond acceptors (Lipinski definition) is 2. The second-order valence-electron chi connectivity index (χ2n) is 3.94. The molecule has 0 aliphatic carbocycles. The Morgan fingerprint density at radius 1 is 1.13 bits per heavy atom. The van der Waals surface area contributed by atoms with Crippen LogP contribution in [0.4, 0.5) is 0 Å². The Morgan fingerprint density at radius 3 is 2.00 bits per heavy atom. The molecular formula is C12H20ClNO. The maximum absolute atomic E-state index is 8.76. The molecule has 0 aliphatic heterocycles. The second kappa shape index (κ2) is 6.83. The van der Waals surface area contributed by atoms with Gasteiger partial charge in [-0.05, 0) is 23.5 Å². The third-order valence-corrected chi connectivity index (χ3v) is 2.47. The number of aliphatic hydroxyl groups excluding tert-OH is 1. The lowest BCUT2D eigenvalue weighted by Gasteiger charge is -2.12. The molecule has 0 aromatic heterocycles. The van der Waals surface area contributed by atoms with Gasteiger partial charge in [-0.2, -0.15) is 0 Å². The molecule has 0 fully saturated rings. The minimum atomic E-state index is -0.0405. The monoisotopic (exact) mass is 229 g/mol. The average molecular weight is 230 g/mol. The van der Waals surface area contributed by atoms with Gasteiger partial charge in [0.05, 0.1) is 0 Å². The third kappa shape index (κ3) is 4.20. The van der Waals surface area contributed by atoms with E-state index in [-0.39, 0.29) is 25.1 Å². The molecule has 0 bridgehead atoms. The largest absolute Gasteiger partial charge is 0.396 e. The van der Waals surface area contributed by atoms with Gasteiger partial charge in [-0.15, -0.1) is 12.4 Å². The molecular weight excluding hydrogens is 210 g/mol. The van der Waals surface area contributed by atoms with Crippen LogP contribution in [0.1, 0.15) is 43.4 Å². The summed E-state index contributed by atoms with van der Waals surface area (Å²) in [6.45, 7) is 4.48. The van der Waals surface area contributed by atoms with E-state index in [4.69, 9.17) is 10.8 Å². The molecule has 0 heterocycles. The number of nitrogens with two attached hydrogens (primary N) is 1. The molecule has 2 nitrogen and oxygen atoms in total. The van der Waals surface area contributed by atoms with E-state index in [9.17, 15) is 0 Å². The summed E-state index contributed by atoms with van der Waals surface area (Å²) in [4.78, 5) is 0. The Balaban J connectivity index is 0.00000196. The smallest absolute Gasteiger partial charge is 0.0449 e. The van der Waals surface area contributed by atoms with Crippen LogP contribution in [0.3, 0.4) is 0 Å². The van der Waals surface area contributed by atoms with Crippen molar-refractivity contribution in [3.63, 3.8) is 0 Å². The van der Waals surface area contributed by atoms with Crippen LogP contribution in [0.25, 0.3) is 0 Å². The minimum absolute atomic E-state index is 0. The summed E-state index contributed by atoms with van der Waals surface area (Å²) in [6.07, 6.45) is 0.626. The maximum Gasteiger partial charge on any atom is 0.0449 e. The SMILES string of the molecule is CC(C)c1ccc([C@@H](N)CCO)cc1.Cl. The molecule has 86 valence electrons. The van der Waals surface area contributed by atoms with E-state index in [2.05, 4.69) is 38.1 Å². The molecule has 15 heavy (non-hydrogen) atoms. The predicted octanol–water partition coefficient (Wildman–Crippen LogP) is 2.61. The van der Waals surface area contributed by atoms with Gasteiger partial charge in [-0.25, -0.2) is 0 Å². The van der Waals surface area contributed by atoms with Crippen LogP contribution in [0.5, 0.6) is 0 Å². The highest BCUT2D eigenvalue weighted by molar-refractivity contribution is 5.85. The number of benzene rings is 1. The molecule has 1 aromatic rings. The molecule has 0 unspecified atom stereocenters. The highest BCUT2D eigenvalue weighted by atomic mass is 35.5. The van der Waals surface area contributed by atoms with Crippen LogP contribution in [0, 0.1) is 0 Å². The van der Waals surface area contributed by atoms with Gasteiger partial charge in [0.1, 0.15) is 0 Å². The first-order valence-corrected chi connectivity index (χ1v) is 5.11. The van der Waals surface area contributed by atoms with E-state index in [1.165, 1.54) is 5.56 Å². The fraction of sp³-hybridized carbons (Fsp3) is 0.500. The van der Waals surface area contributed by atoms with Crippen molar-refractivity contribution in [1.82, 2.24) is 0 Å². The molecule has 1 aromatic carbocycles. The zero-order valence-corrected chi connectivity index (χ0v) is 10.1. The molecule has 0 aliphatic rings. The van der Waals surface area contributed by atoms with Gasteiger partial charge in [0.15, 0.2) is 0 Å². The fourth-order valence-electron chi connectivity index (χ4n) is 1.43. The fourth-order valence-corrected chi connectivity index (χ4v) is 1.43. The van der Waals surface area contributed by atoms with Crippen LogP contribution in [-0.4, -0.2) is 11.7 Å². The van der Waals surface area contributed by atoms with E-state index in [0.29, 0.717) is 12.3 Å². The van der Waals surface area contributed by atoms with Crippen molar-refractivity contribution in [1.29, 1.82) is 0 Å². The Bertz CT molecular complexity index is 271. The zero-order chi connectivity index (χ0) is 10.6. The lowest BCUT2D eigenvalue weighted by molar-refractivity contribution is 0.276. The number of hydrogen-bond donors (Lipinski definition) is 2. The molecule has 0 radical (unpaired) electrons. The molecule has 0 amide bonds. The van der Waals surface area contributed by atoms with E-state index in [1.807, 2.05) is 0 Å². The van der Waals surface area contributed by atoms with Gasteiger partial charge in [0.2, 0.25) is 0 Å². The molecule has 3 N–H and O–H groups in total. The topological polar surface area (TPSA) is 46.2 Å². The van der Waals surface area contributed by atoms with Crippen molar-refractivity contribution in [3.05, 3.63) is 35.4 Å². The Morgan fingerprint density at radius 2 is 1.60 bits per heavy atom. The van der Waals surface area contributed by atoms with Crippen molar-refractivity contribution in [2.24, 2.45) is 5.73 Å². The number of halogens is 1. The molecule has 0 saturated heterocycles. The van der Waals surface area contributed by atoms with Crippen LogP contribution in [0.15, 0.2) is 24.3 Å². The average Bonchev–Trinajstić information content (AvgIpc) is 2.18. The lowest BCUT2D eigenvalue weighted by atomic mass is 9.98. The van der Waals surface area contributed by atoms with Gasteiger partial charge < -0.3 is 10.8 Å². The van der Waals surface area contributed by atoms with E-state index in [0.717, 1.165) is 5.56 Å². The maximum atomic E-state index is 8.76. The van der Waals surface area contributed by atoms with E-state index in [1.54, 1.807) is 0 Å². The minimum Gasteiger partial charge on any atom is -0.396 e.